The zero-order valence-electron chi connectivity index (χ0n) is 13.9. The summed E-state index contributed by atoms with van der Waals surface area (Å²) >= 11 is 5.88. The lowest BCUT2D eigenvalue weighted by Crippen LogP contribution is -2.31. The Morgan fingerprint density at radius 3 is 2.48 bits per heavy atom. The molecule has 0 aliphatic heterocycles. The highest BCUT2D eigenvalue weighted by Crippen LogP contribution is 2.29. The maximum Gasteiger partial charge on any atom is 0.251 e. The van der Waals surface area contributed by atoms with Gasteiger partial charge in [-0.1, -0.05) is 17.7 Å². The Bertz CT molecular complexity index is 1030. The van der Waals surface area contributed by atoms with Crippen LogP contribution in [0.4, 0.5) is 4.39 Å². The van der Waals surface area contributed by atoms with Gasteiger partial charge < -0.3 is 9.73 Å². The summed E-state index contributed by atoms with van der Waals surface area (Å²) in [6.07, 6.45) is 1.35. The average Bonchev–Trinajstić information content (AvgIpc) is 3.16. The van der Waals surface area contributed by atoms with Gasteiger partial charge in [-0.3, -0.25) is 4.79 Å². The first kappa shape index (κ1) is 19.1. The lowest BCUT2D eigenvalue weighted by atomic mass is 10.2. The summed E-state index contributed by atoms with van der Waals surface area (Å²) in [6.45, 7) is -0.224. The fourth-order valence-electron chi connectivity index (χ4n) is 2.54. The molecule has 27 heavy (non-hydrogen) atoms. The molecule has 0 unspecified atom stereocenters. The topological polar surface area (TPSA) is 76.4 Å². The van der Waals surface area contributed by atoms with E-state index in [0.29, 0.717) is 10.6 Å². The number of hydrogen-bond donors (Lipinski definition) is 1. The van der Waals surface area contributed by atoms with E-state index < -0.39 is 26.8 Å². The first-order chi connectivity index (χ1) is 12.9. The third kappa shape index (κ3) is 4.37. The van der Waals surface area contributed by atoms with Gasteiger partial charge in [0.1, 0.15) is 16.8 Å². The predicted molar refractivity (Wildman–Crippen MR) is 98.8 cm³/mol. The number of nitrogens with one attached hydrogen (secondary N) is 1. The van der Waals surface area contributed by atoms with E-state index in [2.05, 4.69) is 5.32 Å². The van der Waals surface area contributed by atoms with E-state index in [1.54, 1.807) is 24.3 Å². The van der Waals surface area contributed by atoms with Gasteiger partial charge in [0.15, 0.2) is 9.84 Å². The van der Waals surface area contributed by atoms with Crippen LogP contribution in [0.25, 0.3) is 0 Å². The molecule has 0 fully saturated rings. The smallest absolute Gasteiger partial charge is 0.251 e. The Kier molecular flexibility index (Phi) is 5.62. The molecule has 3 aromatic rings. The van der Waals surface area contributed by atoms with Gasteiger partial charge in [-0.05, 0) is 54.6 Å². The van der Waals surface area contributed by atoms with Gasteiger partial charge in [0.25, 0.3) is 5.91 Å². The molecule has 1 atom stereocenters. The zero-order valence-corrected chi connectivity index (χ0v) is 15.5. The molecule has 1 aromatic heterocycles. The number of amides is 1. The fourth-order valence-corrected chi connectivity index (χ4v) is 4.32. The maximum absolute atomic E-state index is 13.1. The van der Waals surface area contributed by atoms with Crippen LogP contribution in [0.1, 0.15) is 21.4 Å². The molecule has 1 N–H and O–H groups in total. The average molecular weight is 408 g/mol. The Morgan fingerprint density at radius 1 is 1.11 bits per heavy atom. The second-order valence-corrected chi connectivity index (χ2v) is 8.29. The number of hydrogen-bond acceptors (Lipinski definition) is 4. The van der Waals surface area contributed by atoms with Crippen LogP contribution in [-0.4, -0.2) is 20.9 Å². The van der Waals surface area contributed by atoms with Gasteiger partial charge in [-0.25, -0.2) is 12.8 Å². The quantitative estimate of drug-likeness (QED) is 0.626. The van der Waals surface area contributed by atoms with Crippen LogP contribution < -0.4 is 5.32 Å². The number of halogens is 2. The molecule has 1 amide bonds. The second-order valence-electron chi connectivity index (χ2n) is 5.72. The molecule has 8 heteroatoms. The van der Waals surface area contributed by atoms with Crippen molar-refractivity contribution in [2.45, 2.75) is 10.1 Å². The third-order valence-corrected chi connectivity index (χ3v) is 6.22. The Balaban J connectivity index is 1.86. The number of carbonyl (C=O) groups excluding carboxylic acids is 1. The largest absolute Gasteiger partial charge is 0.468 e. The van der Waals surface area contributed by atoms with Crippen molar-refractivity contribution in [3.63, 3.8) is 0 Å². The van der Waals surface area contributed by atoms with E-state index >= 15 is 0 Å². The minimum absolute atomic E-state index is 0.0673. The number of benzene rings is 2. The lowest BCUT2D eigenvalue weighted by Gasteiger charge is -2.17. The van der Waals surface area contributed by atoms with Crippen LogP contribution >= 0.6 is 11.6 Å². The van der Waals surface area contributed by atoms with E-state index in [1.807, 2.05) is 0 Å². The first-order valence-corrected chi connectivity index (χ1v) is 9.87. The van der Waals surface area contributed by atoms with E-state index in [0.717, 1.165) is 12.1 Å². The predicted octanol–water partition coefficient (Wildman–Crippen LogP) is 4.02. The highest BCUT2D eigenvalue weighted by molar-refractivity contribution is 7.91. The van der Waals surface area contributed by atoms with Crippen molar-refractivity contribution >= 4 is 27.3 Å². The summed E-state index contributed by atoms with van der Waals surface area (Å²) in [5, 5.41) is 1.82. The van der Waals surface area contributed by atoms with Crippen LogP contribution in [0, 0.1) is 5.82 Å². The van der Waals surface area contributed by atoms with E-state index in [1.165, 1.54) is 30.5 Å². The highest BCUT2D eigenvalue weighted by Gasteiger charge is 2.32. The first-order valence-electron chi connectivity index (χ1n) is 7.94. The van der Waals surface area contributed by atoms with Crippen LogP contribution in [0.3, 0.4) is 0 Å². The van der Waals surface area contributed by atoms with Crippen molar-refractivity contribution in [1.82, 2.24) is 5.32 Å². The summed E-state index contributed by atoms with van der Waals surface area (Å²) in [6, 6.07) is 13.9. The molecule has 0 bridgehead atoms. The molecule has 0 spiro atoms. The molecule has 0 saturated carbocycles. The SMILES string of the molecule is O=C(NC[C@H](c1ccco1)S(=O)(=O)c1ccc(F)cc1)c1cccc(Cl)c1. The van der Waals surface area contributed by atoms with Crippen LogP contribution in [0.2, 0.25) is 5.02 Å². The molecule has 1 heterocycles. The molecule has 2 aromatic carbocycles. The Morgan fingerprint density at radius 2 is 1.85 bits per heavy atom. The van der Waals surface area contributed by atoms with E-state index in [4.69, 9.17) is 16.0 Å². The minimum atomic E-state index is -3.93. The van der Waals surface area contributed by atoms with Crippen molar-refractivity contribution in [2.75, 3.05) is 6.54 Å². The lowest BCUT2D eigenvalue weighted by molar-refractivity contribution is 0.0953. The van der Waals surface area contributed by atoms with Crippen molar-refractivity contribution in [3.8, 4) is 0 Å². The van der Waals surface area contributed by atoms with Crippen LogP contribution in [0.5, 0.6) is 0 Å². The Labute approximate surface area is 160 Å². The molecule has 0 aliphatic carbocycles. The van der Waals surface area contributed by atoms with Crippen molar-refractivity contribution in [1.29, 1.82) is 0 Å². The normalized spacial score (nSPS) is 12.5. The van der Waals surface area contributed by atoms with Crippen molar-refractivity contribution in [2.24, 2.45) is 0 Å². The maximum atomic E-state index is 13.1. The van der Waals surface area contributed by atoms with Gasteiger partial charge in [0.2, 0.25) is 0 Å². The molecule has 3 rings (SSSR count). The summed E-state index contributed by atoms with van der Waals surface area (Å²) in [4.78, 5) is 12.3. The summed E-state index contributed by atoms with van der Waals surface area (Å²) in [7, 11) is -3.93. The monoisotopic (exact) mass is 407 g/mol. The summed E-state index contributed by atoms with van der Waals surface area (Å²) in [5.41, 5.74) is 0.305. The molecular weight excluding hydrogens is 393 g/mol. The standard InChI is InChI=1S/C19H15ClFNO4S/c20-14-4-1-3-13(11-14)19(23)22-12-18(17-5-2-10-26-17)27(24,25)16-8-6-15(21)7-9-16/h1-11,18H,12H2,(H,22,23)/t18-/m1/s1. The Hall–Kier alpha value is -2.64. The van der Waals surface area contributed by atoms with Gasteiger partial charge in [-0.15, -0.1) is 0 Å². The second kappa shape index (κ2) is 7.94. The molecule has 0 radical (unpaired) electrons. The van der Waals surface area contributed by atoms with Gasteiger partial charge in [0.05, 0.1) is 11.2 Å². The van der Waals surface area contributed by atoms with E-state index in [-0.39, 0.29) is 17.2 Å². The third-order valence-electron chi connectivity index (χ3n) is 3.91. The van der Waals surface area contributed by atoms with Gasteiger partial charge in [0, 0.05) is 17.1 Å². The zero-order chi connectivity index (χ0) is 19.4. The van der Waals surface area contributed by atoms with Gasteiger partial charge >= 0.3 is 0 Å². The number of sulfone groups is 1. The molecular formula is C19H15ClFNO4S. The summed E-state index contributed by atoms with van der Waals surface area (Å²) < 4.78 is 44.4. The molecule has 140 valence electrons. The number of carbonyl (C=O) groups is 1. The molecule has 0 saturated heterocycles. The van der Waals surface area contributed by atoms with Gasteiger partial charge in [-0.2, -0.15) is 0 Å². The number of furan rings is 1. The number of rotatable bonds is 6. The highest BCUT2D eigenvalue weighted by atomic mass is 35.5. The van der Waals surface area contributed by atoms with Crippen molar-refractivity contribution in [3.05, 3.63) is 89.1 Å². The van der Waals surface area contributed by atoms with E-state index in [9.17, 15) is 17.6 Å². The fraction of sp³-hybridized carbons (Fsp3) is 0.105. The van der Waals surface area contributed by atoms with Crippen LogP contribution in [-0.2, 0) is 9.84 Å². The molecule has 5 nitrogen and oxygen atoms in total. The van der Waals surface area contributed by atoms with Crippen molar-refractivity contribution < 1.29 is 22.0 Å². The minimum Gasteiger partial charge on any atom is -0.468 e. The van der Waals surface area contributed by atoms with Crippen LogP contribution in [0.15, 0.2) is 76.2 Å². The molecule has 0 aliphatic rings. The summed E-state index contributed by atoms with van der Waals surface area (Å²) in [5.74, 6) is -0.841.